The Morgan fingerprint density at radius 1 is 1.47 bits per heavy atom. The number of anilines is 1. The van der Waals surface area contributed by atoms with Crippen molar-refractivity contribution in [1.82, 2.24) is 15.2 Å². The second-order valence-corrected chi connectivity index (χ2v) is 3.22. The molecule has 88 valence electrons. The van der Waals surface area contributed by atoms with Gasteiger partial charge in [-0.25, -0.2) is 5.10 Å². The molecule has 0 bridgehead atoms. The molecule has 0 saturated carbocycles. The van der Waals surface area contributed by atoms with E-state index in [-0.39, 0.29) is 5.91 Å². The average molecular weight is 232 g/mol. The first-order valence-corrected chi connectivity index (χ1v) is 5.19. The highest BCUT2D eigenvalue weighted by molar-refractivity contribution is 6.05. The van der Waals surface area contributed by atoms with E-state index in [4.69, 9.17) is 4.74 Å². The largest absolute Gasteiger partial charge is 0.493 e. The van der Waals surface area contributed by atoms with E-state index >= 15 is 0 Å². The highest BCUT2D eigenvalue weighted by Gasteiger charge is 2.12. The summed E-state index contributed by atoms with van der Waals surface area (Å²) < 4.78 is 5.37. The number of benzene rings is 1. The molecule has 1 aromatic carbocycles. The number of hydrogen-bond acceptors (Lipinski definition) is 4. The van der Waals surface area contributed by atoms with Gasteiger partial charge < -0.3 is 4.74 Å². The van der Waals surface area contributed by atoms with Crippen molar-refractivity contribution >= 4 is 11.9 Å². The normalized spacial score (nSPS) is 9.94. The standard InChI is InChI=1S/C11H12N4O2/c1-2-17-9-6-4-3-5-8(9)10(16)14-11-12-7-13-15-11/h3-7H,2H2,1H3,(H2,12,13,14,15,16). The monoisotopic (exact) mass is 232 g/mol. The number of nitrogens with zero attached hydrogens (tertiary/aromatic N) is 2. The van der Waals surface area contributed by atoms with Crippen molar-refractivity contribution < 1.29 is 9.53 Å². The Kier molecular flexibility index (Phi) is 3.34. The maximum absolute atomic E-state index is 11.9. The van der Waals surface area contributed by atoms with Crippen LogP contribution in [-0.4, -0.2) is 27.7 Å². The summed E-state index contributed by atoms with van der Waals surface area (Å²) in [5.41, 5.74) is 0.464. The van der Waals surface area contributed by atoms with Crippen molar-refractivity contribution in [3.63, 3.8) is 0 Å². The maximum atomic E-state index is 11.9. The number of aromatic nitrogens is 3. The predicted molar refractivity (Wildman–Crippen MR) is 61.9 cm³/mol. The lowest BCUT2D eigenvalue weighted by Gasteiger charge is -2.08. The lowest BCUT2D eigenvalue weighted by Crippen LogP contribution is -2.14. The number of carbonyl (C=O) groups is 1. The van der Waals surface area contributed by atoms with Crippen LogP contribution >= 0.6 is 0 Å². The number of amides is 1. The third-order valence-corrected chi connectivity index (χ3v) is 2.08. The van der Waals surface area contributed by atoms with Gasteiger partial charge in [0.05, 0.1) is 12.2 Å². The van der Waals surface area contributed by atoms with E-state index in [0.29, 0.717) is 23.9 Å². The molecule has 0 saturated heterocycles. The van der Waals surface area contributed by atoms with Crippen molar-refractivity contribution in [2.45, 2.75) is 6.92 Å². The predicted octanol–water partition coefficient (Wildman–Crippen LogP) is 1.46. The molecule has 0 spiro atoms. The third-order valence-electron chi connectivity index (χ3n) is 2.08. The molecule has 2 rings (SSSR count). The zero-order valence-electron chi connectivity index (χ0n) is 9.30. The maximum Gasteiger partial charge on any atom is 0.261 e. The van der Waals surface area contributed by atoms with Crippen LogP contribution in [0.15, 0.2) is 30.6 Å². The molecular formula is C11H12N4O2. The van der Waals surface area contributed by atoms with Crippen LogP contribution < -0.4 is 10.1 Å². The Morgan fingerprint density at radius 2 is 2.29 bits per heavy atom. The molecule has 0 aliphatic rings. The van der Waals surface area contributed by atoms with Gasteiger partial charge >= 0.3 is 0 Å². The van der Waals surface area contributed by atoms with Crippen molar-refractivity contribution in [2.24, 2.45) is 0 Å². The Bertz CT molecular complexity index is 496. The van der Waals surface area contributed by atoms with E-state index in [1.54, 1.807) is 18.2 Å². The summed E-state index contributed by atoms with van der Waals surface area (Å²) in [4.78, 5) is 15.7. The van der Waals surface area contributed by atoms with Gasteiger partial charge in [0.15, 0.2) is 0 Å². The number of para-hydroxylation sites is 1. The van der Waals surface area contributed by atoms with Crippen LogP contribution in [0.5, 0.6) is 5.75 Å². The molecule has 2 N–H and O–H groups in total. The van der Waals surface area contributed by atoms with Crippen molar-refractivity contribution in [3.05, 3.63) is 36.2 Å². The molecule has 0 radical (unpaired) electrons. The SMILES string of the molecule is CCOc1ccccc1C(=O)Nc1ncn[nH]1. The molecule has 0 aliphatic carbocycles. The van der Waals surface area contributed by atoms with E-state index in [1.807, 2.05) is 13.0 Å². The molecule has 1 amide bonds. The summed E-state index contributed by atoms with van der Waals surface area (Å²) >= 11 is 0. The lowest BCUT2D eigenvalue weighted by atomic mass is 10.2. The molecule has 2 aromatic rings. The number of carbonyl (C=O) groups excluding carboxylic acids is 1. The summed E-state index contributed by atoms with van der Waals surface area (Å²) in [6, 6.07) is 7.03. The van der Waals surface area contributed by atoms with Crippen LogP contribution in [0.25, 0.3) is 0 Å². The van der Waals surface area contributed by atoms with Crippen molar-refractivity contribution in [2.75, 3.05) is 11.9 Å². The van der Waals surface area contributed by atoms with Gasteiger partial charge in [-0.3, -0.25) is 10.1 Å². The number of H-pyrrole nitrogens is 1. The first-order valence-electron chi connectivity index (χ1n) is 5.19. The minimum Gasteiger partial charge on any atom is -0.493 e. The molecule has 1 aromatic heterocycles. The van der Waals surface area contributed by atoms with Crippen LogP contribution in [0.4, 0.5) is 5.95 Å². The van der Waals surface area contributed by atoms with Gasteiger partial charge in [0.2, 0.25) is 5.95 Å². The first-order chi connectivity index (χ1) is 8.31. The second kappa shape index (κ2) is 5.11. The van der Waals surface area contributed by atoms with Crippen LogP contribution in [0, 0.1) is 0 Å². The second-order valence-electron chi connectivity index (χ2n) is 3.22. The summed E-state index contributed by atoms with van der Waals surface area (Å²) in [7, 11) is 0. The van der Waals surface area contributed by atoms with Gasteiger partial charge in [-0.15, -0.1) is 0 Å². The number of ether oxygens (including phenoxy) is 1. The first kappa shape index (κ1) is 11.1. The minimum absolute atomic E-state index is 0.286. The van der Waals surface area contributed by atoms with Crippen molar-refractivity contribution in [3.8, 4) is 5.75 Å². The zero-order valence-corrected chi connectivity index (χ0v) is 9.30. The van der Waals surface area contributed by atoms with E-state index < -0.39 is 0 Å². The lowest BCUT2D eigenvalue weighted by molar-refractivity contribution is 0.102. The van der Waals surface area contributed by atoms with Gasteiger partial charge in [-0.2, -0.15) is 10.1 Å². The van der Waals surface area contributed by atoms with Crippen LogP contribution in [0.1, 0.15) is 17.3 Å². The number of nitrogens with one attached hydrogen (secondary N) is 2. The highest BCUT2D eigenvalue weighted by Crippen LogP contribution is 2.18. The fraction of sp³-hybridized carbons (Fsp3) is 0.182. The number of hydrogen-bond donors (Lipinski definition) is 2. The van der Waals surface area contributed by atoms with Gasteiger partial charge in [0.1, 0.15) is 12.1 Å². The van der Waals surface area contributed by atoms with E-state index in [1.165, 1.54) is 6.33 Å². The molecule has 0 atom stereocenters. The van der Waals surface area contributed by atoms with Gasteiger partial charge in [-0.05, 0) is 19.1 Å². The summed E-state index contributed by atoms with van der Waals surface area (Å²) in [6.45, 7) is 2.37. The molecule has 6 nitrogen and oxygen atoms in total. The Hall–Kier alpha value is -2.37. The van der Waals surface area contributed by atoms with Gasteiger partial charge in [0.25, 0.3) is 5.91 Å². The molecule has 0 unspecified atom stereocenters. The zero-order chi connectivity index (χ0) is 12.1. The van der Waals surface area contributed by atoms with Crippen LogP contribution in [0.3, 0.4) is 0 Å². The summed E-state index contributed by atoms with van der Waals surface area (Å²) in [5.74, 6) is 0.569. The molecular weight excluding hydrogens is 220 g/mol. The Morgan fingerprint density at radius 3 is 3.00 bits per heavy atom. The molecule has 1 heterocycles. The fourth-order valence-electron chi connectivity index (χ4n) is 1.38. The van der Waals surface area contributed by atoms with Crippen molar-refractivity contribution in [1.29, 1.82) is 0 Å². The highest BCUT2D eigenvalue weighted by atomic mass is 16.5. The summed E-state index contributed by atoms with van der Waals surface area (Å²) in [5, 5.41) is 8.79. The number of rotatable bonds is 4. The van der Waals surface area contributed by atoms with Crippen LogP contribution in [-0.2, 0) is 0 Å². The quantitative estimate of drug-likeness (QED) is 0.836. The third kappa shape index (κ3) is 2.60. The topological polar surface area (TPSA) is 79.9 Å². The van der Waals surface area contributed by atoms with Crippen LogP contribution in [0.2, 0.25) is 0 Å². The van der Waals surface area contributed by atoms with E-state index in [0.717, 1.165) is 0 Å². The molecule has 17 heavy (non-hydrogen) atoms. The summed E-state index contributed by atoms with van der Waals surface area (Å²) in [6.07, 6.45) is 1.32. The van der Waals surface area contributed by atoms with Gasteiger partial charge in [0, 0.05) is 0 Å². The van der Waals surface area contributed by atoms with E-state index in [9.17, 15) is 4.79 Å². The Labute approximate surface area is 98.0 Å². The fourth-order valence-corrected chi connectivity index (χ4v) is 1.38. The molecule has 0 aliphatic heterocycles. The molecule has 6 heteroatoms. The average Bonchev–Trinajstić information content (AvgIpc) is 2.83. The minimum atomic E-state index is -0.286. The van der Waals surface area contributed by atoms with E-state index in [2.05, 4.69) is 20.5 Å². The van der Waals surface area contributed by atoms with Gasteiger partial charge in [-0.1, -0.05) is 12.1 Å². The Balaban J connectivity index is 2.18. The number of aromatic amines is 1. The smallest absolute Gasteiger partial charge is 0.261 e. The molecule has 0 fully saturated rings.